The number of hydrogen-bond donors (Lipinski definition) is 1. The zero-order valence-corrected chi connectivity index (χ0v) is 7.02. The Morgan fingerprint density at radius 3 is 2.82 bits per heavy atom. The van der Waals surface area contributed by atoms with Crippen molar-refractivity contribution in [2.24, 2.45) is 5.73 Å². The third-order valence-corrected chi connectivity index (χ3v) is 2.24. The summed E-state index contributed by atoms with van der Waals surface area (Å²) in [5, 5.41) is 1.92. The van der Waals surface area contributed by atoms with Crippen LogP contribution in [0.25, 0.3) is 5.57 Å². The molecule has 1 rings (SSSR count). The van der Waals surface area contributed by atoms with Crippen molar-refractivity contribution in [3.05, 3.63) is 28.5 Å². The Labute approximate surface area is 69.3 Å². The van der Waals surface area contributed by atoms with Gasteiger partial charge < -0.3 is 5.73 Å². The first-order chi connectivity index (χ1) is 5.25. The third-order valence-electron chi connectivity index (χ3n) is 1.34. The number of amides is 1. The molecule has 0 aliphatic rings. The lowest BCUT2D eigenvalue weighted by Crippen LogP contribution is -2.11. The fraction of sp³-hybridized carbons (Fsp3) is 0.125. The van der Waals surface area contributed by atoms with Gasteiger partial charge in [-0.15, -0.1) is 11.3 Å². The molecular formula is C8H9NOS. The van der Waals surface area contributed by atoms with Gasteiger partial charge in [-0.25, -0.2) is 0 Å². The quantitative estimate of drug-likeness (QED) is 0.668. The maximum atomic E-state index is 10.8. The van der Waals surface area contributed by atoms with Gasteiger partial charge in [-0.05, 0) is 18.4 Å². The molecule has 1 heterocycles. The summed E-state index contributed by atoms with van der Waals surface area (Å²) < 4.78 is 0. The number of carbonyl (C=O) groups excluding carboxylic acids is 1. The average molecular weight is 167 g/mol. The highest BCUT2D eigenvalue weighted by atomic mass is 32.1. The average Bonchev–Trinajstić information content (AvgIpc) is 2.40. The molecule has 2 nitrogen and oxygen atoms in total. The normalized spacial score (nSPS) is 11.5. The molecule has 0 unspecified atom stereocenters. The summed E-state index contributed by atoms with van der Waals surface area (Å²) in [7, 11) is 0. The second-order valence-corrected chi connectivity index (χ2v) is 2.99. The van der Waals surface area contributed by atoms with Crippen molar-refractivity contribution in [2.75, 3.05) is 0 Å². The first kappa shape index (κ1) is 8.01. The minimum Gasteiger partial charge on any atom is -0.366 e. The molecule has 1 amide bonds. The molecule has 0 fully saturated rings. The molecule has 2 N–H and O–H groups in total. The molecule has 11 heavy (non-hydrogen) atoms. The van der Waals surface area contributed by atoms with Crippen molar-refractivity contribution in [1.82, 2.24) is 0 Å². The van der Waals surface area contributed by atoms with E-state index in [1.807, 2.05) is 17.5 Å². The van der Waals surface area contributed by atoms with Crippen LogP contribution in [-0.4, -0.2) is 5.91 Å². The van der Waals surface area contributed by atoms with Crippen molar-refractivity contribution >= 4 is 22.8 Å². The predicted molar refractivity (Wildman–Crippen MR) is 47.2 cm³/mol. The van der Waals surface area contributed by atoms with Gasteiger partial charge in [0.15, 0.2) is 0 Å². The summed E-state index contributed by atoms with van der Waals surface area (Å²) in [5.41, 5.74) is 5.74. The number of hydrogen-bond acceptors (Lipinski definition) is 2. The molecule has 58 valence electrons. The minimum atomic E-state index is -0.366. The standard InChI is InChI=1S/C8H9NOS/c1-2-6(8(9)10)7-4-3-5-11-7/h2-5H,1H3,(H2,9,10). The van der Waals surface area contributed by atoms with E-state index in [0.717, 1.165) is 4.88 Å². The van der Waals surface area contributed by atoms with Crippen molar-refractivity contribution in [3.8, 4) is 0 Å². The molecule has 1 aromatic heterocycles. The molecule has 0 spiro atoms. The number of rotatable bonds is 2. The fourth-order valence-electron chi connectivity index (χ4n) is 0.838. The second kappa shape index (κ2) is 3.34. The largest absolute Gasteiger partial charge is 0.366 e. The Balaban J connectivity index is 2.99. The van der Waals surface area contributed by atoms with E-state index in [1.165, 1.54) is 11.3 Å². The molecular weight excluding hydrogens is 158 g/mol. The Kier molecular flexibility index (Phi) is 2.44. The van der Waals surface area contributed by atoms with E-state index in [4.69, 9.17) is 5.73 Å². The van der Waals surface area contributed by atoms with Crippen molar-refractivity contribution < 1.29 is 4.79 Å². The summed E-state index contributed by atoms with van der Waals surface area (Å²) >= 11 is 1.51. The lowest BCUT2D eigenvalue weighted by molar-refractivity contribution is -0.112. The number of nitrogens with two attached hydrogens (primary N) is 1. The van der Waals surface area contributed by atoms with Gasteiger partial charge in [0.2, 0.25) is 5.91 Å². The maximum absolute atomic E-state index is 10.8. The van der Waals surface area contributed by atoms with Crippen molar-refractivity contribution in [1.29, 1.82) is 0 Å². The molecule has 0 saturated carbocycles. The third kappa shape index (κ3) is 1.68. The SMILES string of the molecule is CC=C(C(N)=O)c1cccs1. The zero-order chi connectivity index (χ0) is 8.27. The van der Waals surface area contributed by atoms with E-state index in [0.29, 0.717) is 5.57 Å². The van der Waals surface area contributed by atoms with Crippen LogP contribution in [-0.2, 0) is 4.79 Å². The highest BCUT2D eigenvalue weighted by molar-refractivity contribution is 7.11. The van der Waals surface area contributed by atoms with Crippen LogP contribution in [0.5, 0.6) is 0 Å². The summed E-state index contributed by atoms with van der Waals surface area (Å²) in [4.78, 5) is 11.7. The Hall–Kier alpha value is -1.09. The number of carbonyl (C=O) groups is 1. The van der Waals surface area contributed by atoms with Crippen LogP contribution in [0, 0.1) is 0 Å². The van der Waals surface area contributed by atoms with E-state index >= 15 is 0 Å². The molecule has 0 aromatic carbocycles. The Morgan fingerprint density at radius 2 is 2.45 bits per heavy atom. The highest BCUT2D eigenvalue weighted by Crippen LogP contribution is 2.18. The van der Waals surface area contributed by atoms with E-state index in [1.54, 1.807) is 13.0 Å². The van der Waals surface area contributed by atoms with Crippen molar-refractivity contribution in [2.45, 2.75) is 6.92 Å². The van der Waals surface area contributed by atoms with Gasteiger partial charge in [-0.1, -0.05) is 12.1 Å². The fourth-order valence-corrected chi connectivity index (χ4v) is 1.64. The maximum Gasteiger partial charge on any atom is 0.249 e. The monoisotopic (exact) mass is 167 g/mol. The molecule has 0 radical (unpaired) electrons. The van der Waals surface area contributed by atoms with Gasteiger partial charge in [-0.3, -0.25) is 4.79 Å². The molecule has 1 aromatic rings. The van der Waals surface area contributed by atoms with Gasteiger partial charge in [0, 0.05) is 4.88 Å². The van der Waals surface area contributed by atoms with Crippen LogP contribution in [0.2, 0.25) is 0 Å². The molecule has 0 atom stereocenters. The van der Waals surface area contributed by atoms with Gasteiger partial charge in [-0.2, -0.15) is 0 Å². The van der Waals surface area contributed by atoms with Gasteiger partial charge in [0.1, 0.15) is 0 Å². The number of allylic oxidation sites excluding steroid dienone is 1. The molecule has 3 heteroatoms. The van der Waals surface area contributed by atoms with Crippen LogP contribution >= 0.6 is 11.3 Å². The van der Waals surface area contributed by atoms with Crippen LogP contribution in [0.15, 0.2) is 23.6 Å². The zero-order valence-electron chi connectivity index (χ0n) is 6.20. The number of thiophene rings is 1. The summed E-state index contributed by atoms with van der Waals surface area (Å²) in [6.45, 7) is 1.81. The van der Waals surface area contributed by atoms with Gasteiger partial charge in [0.25, 0.3) is 0 Å². The van der Waals surface area contributed by atoms with Crippen LogP contribution < -0.4 is 5.73 Å². The first-order valence-corrected chi connectivity index (χ1v) is 4.13. The van der Waals surface area contributed by atoms with Crippen LogP contribution in [0.3, 0.4) is 0 Å². The molecule has 0 aliphatic carbocycles. The van der Waals surface area contributed by atoms with Crippen LogP contribution in [0.1, 0.15) is 11.8 Å². The predicted octanol–water partition coefficient (Wildman–Crippen LogP) is 1.64. The van der Waals surface area contributed by atoms with Gasteiger partial charge >= 0.3 is 0 Å². The second-order valence-electron chi connectivity index (χ2n) is 2.04. The molecule has 0 saturated heterocycles. The summed E-state index contributed by atoms with van der Waals surface area (Å²) in [5.74, 6) is -0.366. The highest BCUT2D eigenvalue weighted by Gasteiger charge is 2.06. The number of primary amides is 1. The first-order valence-electron chi connectivity index (χ1n) is 3.25. The Morgan fingerprint density at radius 1 is 1.73 bits per heavy atom. The molecule has 0 aliphatic heterocycles. The summed E-state index contributed by atoms with van der Waals surface area (Å²) in [6, 6.07) is 3.78. The molecule has 0 bridgehead atoms. The van der Waals surface area contributed by atoms with E-state index in [2.05, 4.69) is 0 Å². The van der Waals surface area contributed by atoms with Crippen LogP contribution in [0.4, 0.5) is 0 Å². The lowest BCUT2D eigenvalue weighted by atomic mass is 10.2. The van der Waals surface area contributed by atoms with E-state index < -0.39 is 0 Å². The smallest absolute Gasteiger partial charge is 0.249 e. The Bertz CT molecular complexity index is 274. The lowest BCUT2D eigenvalue weighted by Gasteiger charge is -1.95. The van der Waals surface area contributed by atoms with E-state index in [9.17, 15) is 4.79 Å². The van der Waals surface area contributed by atoms with Gasteiger partial charge in [0.05, 0.1) is 5.57 Å². The summed E-state index contributed by atoms with van der Waals surface area (Å²) in [6.07, 6.45) is 1.73. The topological polar surface area (TPSA) is 43.1 Å². The van der Waals surface area contributed by atoms with E-state index in [-0.39, 0.29) is 5.91 Å². The minimum absolute atomic E-state index is 0.366. The van der Waals surface area contributed by atoms with Crippen molar-refractivity contribution in [3.63, 3.8) is 0 Å².